The molecule has 0 aliphatic rings. The molecule has 146 valence electrons. The van der Waals surface area contributed by atoms with Crippen LogP contribution in [0.4, 0.5) is 0 Å². The third kappa shape index (κ3) is 4.29. The van der Waals surface area contributed by atoms with Crippen LogP contribution in [0.2, 0.25) is 0 Å². The summed E-state index contributed by atoms with van der Waals surface area (Å²) in [7, 11) is 0. The number of nitrogens with one attached hydrogen (secondary N) is 1. The first-order chi connectivity index (χ1) is 14.7. The van der Waals surface area contributed by atoms with E-state index in [9.17, 15) is 10.1 Å². The van der Waals surface area contributed by atoms with Gasteiger partial charge in [0.2, 0.25) is 0 Å². The highest BCUT2D eigenvalue weighted by atomic mass is 16.1. The van der Waals surface area contributed by atoms with E-state index in [1.165, 1.54) is 5.56 Å². The average molecular weight is 392 g/mol. The van der Waals surface area contributed by atoms with Crippen molar-refractivity contribution in [3.63, 3.8) is 0 Å². The van der Waals surface area contributed by atoms with Gasteiger partial charge in [0.1, 0.15) is 0 Å². The second-order valence-electron chi connectivity index (χ2n) is 6.94. The lowest BCUT2D eigenvalue weighted by atomic mass is 9.95. The molecule has 4 rings (SSSR count). The molecule has 5 nitrogen and oxygen atoms in total. The zero-order valence-electron chi connectivity index (χ0n) is 16.3. The first-order valence-electron chi connectivity index (χ1n) is 9.65. The SMILES string of the molecule is N#Cc1ccccc1-c1ccccc1C(=O)NCc1ccc(Cn2ccnc2)cc1. The second kappa shape index (κ2) is 8.89. The maximum Gasteiger partial charge on any atom is 0.252 e. The van der Waals surface area contributed by atoms with Crippen molar-refractivity contribution in [1.29, 1.82) is 5.26 Å². The summed E-state index contributed by atoms with van der Waals surface area (Å²) in [4.78, 5) is 16.9. The lowest BCUT2D eigenvalue weighted by molar-refractivity contribution is 0.0951. The molecule has 1 aromatic heterocycles. The van der Waals surface area contributed by atoms with E-state index in [2.05, 4.69) is 28.5 Å². The molecule has 1 heterocycles. The normalized spacial score (nSPS) is 10.4. The Morgan fingerprint density at radius 3 is 2.37 bits per heavy atom. The third-order valence-electron chi connectivity index (χ3n) is 4.91. The molecule has 30 heavy (non-hydrogen) atoms. The Hall–Kier alpha value is -4.17. The molecule has 0 unspecified atom stereocenters. The van der Waals surface area contributed by atoms with E-state index >= 15 is 0 Å². The minimum absolute atomic E-state index is 0.166. The molecule has 0 spiro atoms. The molecule has 0 atom stereocenters. The number of nitriles is 1. The van der Waals surface area contributed by atoms with Crippen LogP contribution in [0.5, 0.6) is 0 Å². The van der Waals surface area contributed by atoms with Crippen molar-refractivity contribution in [1.82, 2.24) is 14.9 Å². The molecule has 0 aliphatic carbocycles. The maximum atomic E-state index is 12.9. The van der Waals surface area contributed by atoms with Crippen molar-refractivity contribution >= 4 is 5.91 Å². The number of carbonyl (C=O) groups is 1. The molecule has 0 fully saturated rings. The summed E-state index contributed by atoms with van der Waals surface area (Å²) in [6.07, 6.45) is 5.48. The van der Waals surface area contributed by atoms with Gasteiger partial charge in [0.15, 0.2) is 0 Å². The lowest BCUT2D eigenvalue weighted by Gasteiger charge is -2.12. The standard InChI is InChI=1S/C25H20N4O/c26-15-21-5-1-2-6-22(21)23-7-3-4-8-24(23)25(30)28-16-19-9-11-20(12-10-19)17-29-14-13-27-18-29/h1-14,18H,16-17H2,(H,28,30). The monoisotopic (exact) mass is 392 g/mol. The van der Waals surface area contributed by atoms with Crippen LogP contribution in [0, 0.1) is 11.3 Å². The zero-order chi connectivity index (χ0) is 20.8. The highest BCUT2D eigenvalue weighted by Crippen LogP contribution is 2.26. The van der Waals surface area contributed by atoms with Gasteiger partial charge in [0, 0.05) is 36.6 Å². The third-order valence-corrected chi connectivity index (χ3v) is 4.91. The fraction of sp³-hybridized carbons (Fsp3) is 0.0800. The number of imidazole rings is 1. The van der Waals surface area contributed by atoms with Gasteiger partial charge in [-0.1, -0.05) is 60.7 Å². The van der Waals surface area contributed by atoms with Crippen LogP contribution in [0.1, 0.15) is 27.0 Å². The molecule has 0 saturated carbocycles. The summed E-state index contributed by atoms with van der Waals surface area (Å²) in [6, 6.07) is 25.0. The van der Waals surface area contributed by atoms with Crippen LogP contribution >= 0.6 is 0 Å². The predicted octanol–water partition coefficient (Wildman–Crippen LogP) is 4.40. The molecule has 0 bridgehead atoms. The van der Waals surface area contributed by atoms with Crippen molar-refractivity contribution < 1.29 is 4.79 Å². The van der Waals surface area contributed by atoms with E-state index in [0.717, 1.165) is 23.2 Å². The van der Waals surface area contributed by atoms with Crippen LogP contribution in [-0.4, -0.2) is 15.5 Å². The lowest BCUT2D eigenvalue weighted by Crippen LogP contribution is -2.23. The van der Waals surface area contributed by atoms with Crippen LogP contribution in [0.3, 0.4) is 0 Å². The number of amides is 1. The molecule has 4 aromatic rings. The molecule has 1 N–H and O–H groups in total. The first kappa shape index (κ1) is 19.2. The van der Waals surface area contributed by atoms with Gasteiger partial charge >= 0.3 is 0 Å². The fourth-order valence-corrected chi connectivity index (χ4v) is 3.36. The van der Waals surface area contributed by atoms with E-state index < -0.39 is 0 Å². The Bertz CT molecular complexity index is 1190. The summed E-state index contributed by atoms with van der Waals surface area (Å²) < 4.78 is 2.01. The Morgan fingerprint density at radius 1 is 0.933 bits per heavy atom. The maximum absolute atomic E-state index is 12.9. The largest absolute Gasteiger partial charge is 0.348 e. The molecule has 0 aliphatic heterocycles. The quantitative estimate of drug-likeness (QED) is 0.529. The number of hydrogen-bond donors (Lipinski definition) is 1. The van der Waals surface area contributed by atoms with Gasteiger partial charge in [-0.05, 0) is 28.8 Å². The van der Waals surface area contributed by atoms with Crippen LogP contribution < -0.4 is 5.32 Å². The minimum atomic E-state index is -0.166. The average Bonchev–Trinajstić information content (AvgIpc) is 3.31. The number of nitrogens with zero attached hydrogens (tertiary/aromatic N) is 3. The summed E-state index contributed by atoms with van der Waals surface area (Å²) in [5.41, 5.74) is 4.80. The number of rotatable bonds is 6. The van der Waals surface area contributed by atoms with E-state index in [1.54, 1.807) is 24.7 Å². The highest BCUT2D eigenvalue weighted by molar-refractivity contribution is 6.01. The van der Waals surface area contributed by atoms with E-state index in [1.807, 2.05) is 59.3 Å². The Balaban J connectivity index is 1.47. The Morgan fingerprint density at radius 2 is 1.63 bits per heavy atom. The van der Waals surface area contributed by atoms with Crippen LogP contribution in [-0.2, 0) is 13.1 Å². The molecule has 5 heteroatoms. The van der Waals surface area contributed by atoms with E-state index in [0.29, 0.717) is 17.7 Å². The number of carbonyl (C=O) groups excluding carboxylic acids is 1. The summed E-state index contributed by atoms with van der Waals surface area (Å²) in [5, 5.41) is 12.4. The van der Waals surface area contributed by atoms with Crippen molar-refractivity contribution in [2.75, 3.05) is 0 Å². The van der Waals surface area contributed by atoms with Gasteiger partial charge in [-0.25, -0.2) is 4.98 Å². The van der Waals surface area contributed by atoms with Crippen molar-refractivity contribution in [3.05, 3.63) is 114 Å². The predicted molar refractivity (Wildman–Crippen MR) is 116 cm³/mol. The second-order valence-corrected chi connectivity index (χ2v) is 6.94. The molecule has 1 amide bonds. The molecular weight excluding hydrogens is 372 g/mol. The topological polar surface area (TPSA) is 70.7 Å². The highest BCUT2D eigenvalue weighted by Gasteiger charge is 2.14. The van der Waals surface area contributed by atoms with Crippen molar-refractivity contribution in [2.24, 2.45) is 0 Å². The van der Waals surface area contributed by atoms with E-state index in [4.69, 9.17) is 0 Å². The molecular formula is C25H20N4O. The van der Waals surface area contributed by atoms with E-state index in [-0.39, 0.29) is 5.91 Å². The van der Waals surface area contributed by atoms with Gasteiger partial charge in [0.25, 0.3) is 5.91 Å². The first-order valence-corrected chi connectivity index (χ1v) is 9.65. The summed E-state index contributed by atoms with van der Waals surface area (Å²) in [6.45, 7) is 1.19. The van der Waals surface area contributed by atoms with Crippen molar-refractivity contribution in [3.8, 4) is 17.2 Å². The Labute approximate surface area is 175 Å². The van der Waals surface area contributed by atoms with Gasteiger partial charge in [0.05, 0.1) is 18.0 Å². The fourth-order valence-electron chi connectivity index (χ4n) is 3.36. The number of benzene rings is 3. The van der Waals surface area contributed by atoms with Crippen LogP contribution in [0.15, 0.2) is 91.5 Å². The number of aromatic nitrogens is 2. The minimum Gasteiger partial charge on any atom is -0.348 e. The molecule has 0 radical (unpaired) electrons. The number of hydrogen-bond acceptors (Lipinski definition) is 3. The smallest absolute Gasteiger partial charge is 0.252 e. The molecule has 3 aromatic carbocycles. The van der Waals surface area contributed by atoms with Gasteiger partial charge in [-0.3, -0.25) is 4.79 Å². The van der Waals surface area contributed by atoms with Gasteiger partial charge < -0.3 is 9.88 Å². The Kier molecular flexibility index (Phi) is 5.68. The summed E-state index contributed by atoms with van der Waals surface area (Å²) in [5.74, 6) is -0.166. The summed E-state index contributed by atoms with van der Waals surface area (Å²) >= 11 is 0. The van der Waals surface area contributed by atoms with Crippen molar-refractivity contribution in [2.45, 2.75) is 13.1 Å². The van der Waals surface area contributed by atoms with Gasteiger partial charge in [-0.2, -0.15) is 5.26 Å². The van der Waals surface area contributed by atoms with Crippen LogP contribution in [0.25, 0.3) is 11.1 Å². The van der Waals surface area contributed by atoms with Gasteiger partial charge in [-0.15, -0.1) is 0 Å². The zero-order valence-corrected chi connectivity index (χ0v) is 16.3. The molecule has 0 saturated heterocycles.